The molecule has 7 aromatic rings. The Labute approximate surface area is 547 Å². The monoisotopic (exact) mass is 1290 g/mol. The molecule has 92 heavy (non-hydrogen) atoms. The average Bonchev–Trinajstić information content (AvgIpc) is 1.56. The first-order chi connectivity index (χ1) is 43.8. The Hall–Kier alpha value is -7.24. The summed E-state index contributed by atoms with van der Waals surface area (Å²) in [6.45, 7) is 22.2. The van der Waals surface area contributed by atoms with Gasteiger partial charge in [-0.3, -0.25) is 19.1 Å². The zero-order chi connectivity index (χ0) is 65.1. The summed E-state index contributed by atoms with van der Waals surface area (Å²) < 4.78 is 10.3. The summed E-state index contributed by atoms with van der Waals surface area (Å²) in [6.07, 6.45) is 11.7. The summed E-state index contributed by atoms with van der Waals surface area (Å²) in [7, 11) is 2.13. The average molecular weight is 1290 g/mol. The summed E-state index contributed by atoms with van der Waals surface area (Å²) in [5.74, 6) is -0.190. The van der Waals surface area contributed by atoms with Gasteiger partial charge in [0.15, 0.2) is 22.5 Å². The second-order valence-electron chi connectivity index (χ2n) is 29.2. The molecule has 13 rings (SSSR count). The standard InChI is InChI=1S/C70H89N13O7S2/c1-42-49-17-16-28-81(61(49)79-78-60(42)77-65-74-52-18-13-14-19-54(52)92-65)55-26-25-50(57(75-55)64(88)89)51-32-72-83(45(51)4)40-69-35-67(8)34-68(9,36-69)38-70(37-67,39-69)90-30-29-80(10)27-15-11-12-20-56(85)76-59(66(5,6)7)63(87)82-33-48(84)31-53(82)62(86)73-43(2)46-21-23-47(24-22-46)58-44(3)71-41-91-58/h13-14,18-19,21-26,32,41,43,48,53,59,84H,11-12,15-17,20,27-31,33-40H2,1-10H3,(H,73,86)(H,76,85)(H,88,89)(H,74,77,78)/t43-,48+,53-,59+,67?,68?,69?,70?/m0/s1. The molecule has 5 aromatic heterocycles. The number of anilines is 4. The number of hydrogen-bond acceptors (Lipinski definition) is 17. The van der Waals surface area contributed by atoms with Crippen LogP contribution in [0.5, 0.6) is 0 Å². The van der Waals surface area contributed by atoms with Gasteiger partial charge in [0.1, 0.15) is 17.9 Å². The lowest BCUT2D eigenvalue weighted by molar-refractivity contribution is -0.248. The molecule has 5 N–H and O–H groups in total. The van der Waals surface area contributed by atoms with Gasteiger partial charge in [-0.1, -0.05) is 88.8 Å². The predicted octanol–water partition coefficient (Wildman–Crippen LogP) is 11.9. The van der Waals surface area contributed by atoms with Gasteiger partial charge in [-0.05, 0) is 163 Å². The van der Waals surface area contributed by atoms with Crippen molar-refractivity contribution in [3.63, 3.8) is 0 Å². The number of carboxylic acid groups (broad SMARTS) is 1. The highest BCUT2D eigenvalue weighted by atomic mass is 32.1. The number of aromatic carboxylic acids is 1. The Bertz CT molecular complexity index is 3860. The maximum Gasteiger partial charge on any atom is 0.355 e. The number of aromatic nitrogens is 7. The highest BCUT2D eigenvalue weighted by Crippen LogP contribution is 2.72. The van der Waals surface area contributed by atoms with E-state index >= 15 is 0 Å². The molecule has 4 saturated carbocycles. The molecular weight excluding hydrogens is 1200 g/mol. The van der Waals surface area contributed by atoms with Crippen LogP contribution in [0, 0.1) is 42.4 Å². The number of rotatable bonds is 23. The van der Waals surface area contributed by atoms with E-state index in [-0.39, 0.29) is 70.7 Å². The Kier molecular flexibility index (Phi) is 18.0. The molecule has 22 heteroatoms. The molecule has 0 radical (unpaired) electrons. The lowest BCUT2D eigenvalue weighted by atomic mass is 9.39. The number of benzene rings is 2. The van der Waals surface area contributed by atoms with Crippen LogP contribution >= 0.6 is 22.7 Å². The number of carbonyl (C=O) groups excluding carboxylic acids is 3. The number of aryl methyl sites for hydroxylation is 1. The van der Waals surface area contributed by atoms with E-state index < -0.39 is 29.6 Å². The first-order valence-corrected chi connectivity index (χ1v) is 34.4. The summed E-state index contributed by atoms with van der Waals surface area (Å²) >= 11 is 3.15. The number of carbonyl (C=O) groups is 4. The third-order valence-corrected chi connectivity index (χ3v) is 22.1. The predicted molar refractivity (Wildman–Crippen MR) is 360 cm³/mol. The van der Waals surface area contributed by atoms with E-state index in [0.717, 1.165) is 137 Å². The normalized spacial score (nSPS) is 24.1. The fourth-order valence-electron chi connectivity index (χ4n) is 16.9. The first-order valence-electron chi connectivity index (χ1n) is 32.7. The van der Waals surface area contributed by atoms with Gasteiger partial charge in [0, 0.05) is 67.0 Å². The molecule has 0 spiro atoms. The lowest BCUT2D eigenvalue weighted by Crippen LogP contribution is -2.64. The SMILES string of the molecule is Cc1ncsc1-c1ccc([C@H](C)NC(=O)[C@@H]2C[C@@H](O)CN2C(=O)[C@@H](NC(=O)CCCCCN(C)CCOC23CC4(C)CC(C)(CC(Cn5ncc(-c6ccc(N7CCCc8c7nnc(Nc7nc9ccccc9s7)c8C)nc6C(=O)O)c5C)(C4)C2)C3)C(C)(C)C)cc1. The van der Waals surface area contributed by atoms with Gasteiger partial charge in [0.05, 0.1) is 56.8 Å². The number of unbranched alkanes of at least 4 members (excludes halogenated alkanes) is 2. The second kappa shape index (κ2) is 25.6. The summed E-state index contributed by atoms with van der Waals surface area (Å²) in [6, 6.07) is 17.7. The number of nitrogens with zero attached hydrogens (tertiary/aromatic N) is 10. The Morgan fingerprint density at radius 2 is 1.64 bits per heavy atom. The molecule has 4 aliphatic carbocycles. The van der Waals surface area contributed by atoms with Gasteiger partial charge in [0.2, 0.25) is 17.7 Å². The topological polar surface area (TPSA) is 246 Å². The van der Waals surface area contributed by atoms with Crippen LogP contribution in [-0.4, -0.2) is 142 Å². The van der Waals surface area contributed by atoms with Crippen molar-refractivity contribution in [2.75, 3.05) is 50.1 Å². The number of fused-ring (bicyclic) bond motifs is 2. The number of likely N-dealkylation sites (N-methyl/N-ethyl adjacent to an activating group) is 1. The molecular formula is C70H89N13O7S2. The number of β-amino-alcohol motifs (C(OH)–C–C–N with tert-alkyl or cyclic N) is 1. The molecule has 2 unspecified atom stereocenters. The van der Waals surface area contributed by atoms with Gasteiger partial charge in [-0.2, -0.15) is 5.10 Å². The number of para-hydroxylation sites is 1. The molecule has 488 valence electrons. The number of amides is 3. The molecule has 6 aliphatic rings. The number of carboxylic acids is 1. The quantitative estimate of drug-likeness (QED) is 0.0374. The minimum atomic E-state index is -1.11. The fourth-order valence-corrected chi connectivity index (χ4v) is 18.6. The van der Waals surface area contributed by atoms with Crippen LogP contribution in [-0.2, 0) is 32.1 Å². The van der Waals surface area contributed by atoms with E-state index in [9.17, 15) is 29.4 Å². The van der Waals surface area contributed by atoms with Gasteiger partial charge < -0.3 is 45.6 Å². The van der Waals surface area contributed by atoms with Crippen LogP contribution in [0.15, 0.2) is 72.4 Å². The number of thiazole rings is 2. The zero-order valence-electron chi connectivity index (χ0n) is 54.9. The minimum absolute atomic E-state index is 0.0140. The number of hydrogen-bond donors (Lipinski definition) is 5. The molecule has 7 heterocycles. The fraction of sp³-hybridized carbons (Fsp3) is 0.543. The van der Waals surface area contributed by atoms with Crippen molar-refractivity contribution < 1.29 is 34.1 Å². The van der Waals surface area contributed by atoms with Crippen LogP contribution in [0.3, 0.4) is 0 Å². The van der Waals surface area contributed by atoms with Gasteiger partial charge in [-0.25, -0.2) is 19.7 Å². The van der Waals surface area contributed by atoms with Crippen molar-refractivity contribution in [1.29, 1.82) is 0 Å². The summed E-state index contributed by atoms with van der Waals surface area (Å²) in [5, 5.41) is 46.1. The molecule has 1 saturated heterocycles. The molecule has 2 aliphatic heterocycles. The summed E-state index contributed by atoms with van der Waals surface area (Å²) in [5.41, 5.74) is 9.18. The number of pyridine rings is 1. The Morgan fingerprint density at radius 1 is 0.880 bits per heavy atom. The molecule has 20 nitrogen and oxygen atoms in total. The number of aliphatic hydroxyl groups excluding tert-OH is 1. The van der Waals surface area contributed by atoms with Crippen molar-refractivity contribution in [1.82, 2.24) is 55.4 Å². The number of nitrogens with one attached hydrogen (secondary N) is 3. The highest BCUT2D eigenvalue weighted by Gasteiger charge is 2.66. The first kappa shape index (κ1) is 64.8. The molecule has 2 aromatic carbocycles. The van der Waals surface area contributed by atoms with Crippen molar-refractivity contribution in [3.05, 3.63) is 106 Å². The molecule has 5 fully saturated rings. The smallest absolute Gasteiger partial charge is 0.355 e. The van der Waals surface area contributed by atoms with Gasteiger partial charge in [0.25, 0.3) is 0 Å². The van der Waals surface area contributed by atoms with E-state index in [1.807, 2.05) is 126 Å². The largest absolute Gasteiger partial charge is 0.476 e. The van der Waals surface area contributed by atoms with Crippen LogP contribution in [0.2, 0.25) is 0 Å². The maximum absolute atomic E-state index is 14.3. The Balaban J connectivity index is 0.622. The number of ether oxygens (including phenoxy) is 1. The maximum atomic E-state index is 14.3. The lowest BCUT2D eigenvalue weighted by Gasteiger charge is -2.69. The Morgan fingerprint density at radius 3 is 2.36 bits per heavy atom. The number of aliphatic hydroxyl groups is 1. The second-order valence-corrected chi connectivity index (χ2v) is 31.1. The van der Waals surface area contributed by atoms with Gasteiger partial charge >= 0.3 is 5.97 Å². The highest BCUT2D eigenvalue weighted by molar-refractivity contribution is 7.22. The third-order valence-electron chi connectivity index (χ3n) is 20.2. The molecule has 3 amide bonds. The van der Waals surface area contributed by atoms with Gasteiger partial charge in [-0.15, -0.1) is 21.5 Å². The minimum Gasteiger partial charge on any atom is -0.476 e. The molecule has 6 atom stereocenters. The van der Waals surface area contributed by atoms with Crippen molar-refractivity contribution in [2.24, 2.45) is 21.7 Å². The van der Waals surface area contributed by atoms with Crippen molar-refractivity contribution >= 4 is 79.2 Å². The van der Waals surface area contributed by atoms with Crippen molar-refractivity contribution in [2.45, 2.75) is 182 Å². The van der Waals surface area contributed by atoms with Crippen molar-refractivity contribution in [3.8, 4) is 21.6 Å². The number of likely N-dealkylation sites (tertiary alicyclic amines) is 1. The van der Waals surface area contributed by atoms with E-state index in [1.54, 1.807) is 22.7 Å². The van der Waals surface area contributed by atoms with Crippen LogP contribution < -0.4 is 20.9 Å². The van der Waals surface area contributed by atoms with E-state index in [0.29, 0.717) is 42.6 Å². The van der Waals surface area contributed by atoms with E-state index in [4.69, 9.17) is 24.9 Å². The van der Waals surface area contributed by atoms with Crippen LogP contribution in [0.1, 0.15) is 163 Å². The molecule has 4 bridgehead atoms. The van der Waals surface area contributed by atoms with Crippen LogP contribution in [0.25, 0.3) is 31.8 Å². The third kappa shape index (κ3) is 13.5. The summed E-state index contributed by atoms with van der Waals surface area (Å²) in [4.78, 5) is 75.7. The van der Waals surface area contributed by atoms with E-state index in [1.165, 1.54) is 11.3 Å². The van der Waals surface area contributed by atoms with Crippen LogP contribution in [0.4, 0.5) is 22.6 Å². The zero-order valence-corrected chi connectivity index (χ0v) is 56.5. The van der Waals surface area contributed by atoms with E-state index in [2.05, 4.69) is 56.5 Å².